The molecule has 2 heterocycles. The molecule has 1 aromatic heterocycles. The maximum absolute atomic E-state index is 13.8. The Morgan fingerprint density at radius 3 is 2.32 bits per heavy atom. The molecule has 0 radical (unpaired) electrons. The summed E-state index contributed by atoms with van der Waals surface area (Å²) < 4.78 is 67.8. The van der Waals surface area contributed by atoms with Crippen molar-refractivity contribution in [3.8, 4) is 0 Å². The molecule has 0 atom stereocenters. The van der Waals surface area contributed by atoms with Gasteiger partial charge in [0.15, 0.2) is 9.84 Å². The highest BCUT2D eigenvalue weighted by Gasteiger charge is 2.32. The van der Waals surface area contributed by atoms with Gasteiger partial charge in [-0.05, 0) is 55.3 Å². The summed E-state index contributed by atoms with van der Waals surface area (Å²) in [6, 6.07) is 6.53. The quantitative estimate of drug-likeness (QED) is 0.418. The number of rotatable bonds is 7. The van der Waals surface area contributed by atoms with Crippen molar-refractivity contribution in [3.63, 3.8) is 0 Å². The van der Waals surface area contributed by atoms with E-state index in [9.17, 15) is 26.4 Å². The Hall–Kier alpha value is -2.47. The second-order valence-electron chi connectivity index (χ2n) is 9.77. The first-order valence-electron chi connectivity index (χ1n) is 12.4. The van der Waals surface area contributed by atoms with Crippen LogP contribution < -0.4 is 5.56 Å². The molecule has 0 amide bonds. The van der Waals surface area contributed by atoms with Crippen LogP contribution in [0.1, 0.15) is 37.5 Å². The molecule has 38 heavy (non-hydrogen) atoms. The van der Waals surface area contributed by atoms with Crippen molar-refractivity contribution in [1.82, 2.24) is 19.4 Å². The second kappa shape index (κ2) is 11.0. The van der Waals surface area contributed by atoms with Gasteiger partial charge < -0.3 is 0 Å². The zero-order chi connectivity index (χ0) is 27.8. The predicted octanol–water partition coefficient (Wildman–Crippen LogP) is 4.44. The molecule has 0 spiro atoms. The monoisotopic (exact) mass is 570 g/mol. The van der Waals surface area contributed by atoms with Crippen LogP contribution in [0.25, 0.3) is 10.9 Å². The summed E-state index contributed by atoms with van der Waals surface area (Å²) in [5, 5.41) is 0.108. The predicted molar refractivity (Wildman–Crippen MR) is 141 cm³/mol. The molecule has 2 aromatic carbocycles. The number of halogens is 4. The lowest BCUT2D eigenvalue weighted by Gasteiger charge is -2.37. The van der Waals surface area contributed by atoms with E-state index in [1.807, 2.05) is 0 Å². The van der Waals surface area contributed by atoms with E-state index in [1.165, 1.54) is 31.5 Å². The van der Waals surface area contributed by atoms with E-state index in [1.54, 1.807) is 0 Å². The fourth-order valence-electron chi connectivity index (χ4n) is 4.73. The molecule has 0 unspecified atom stereocenters. The van der Waals surface area contributed by atoms with Crippen LogP contribution >= 0.6 is 11.6 Å². The van der Waals surface area contributed by atoms with Crippen molar-refractivity contribution in [2.24, 2.45) is 0 Å². The minimum atomic E-state index is -4.65. The SMILES string of the molecule is CCS(=O)(=O)c1ccc(Cl)cc1Cn1cnc2c(CN3CCN(C(C)C)CC3)cc(C(F)(F)F)cc2c1=O. The van der Waals surface area contributed by atoms with E-state index in [4.69, 9.17) is 11.6 Å². The smallest absolute Gasteiger partial charge is 0.298 e. The molecule has 0 aliphatic carbocycles. The standard InChI is InChI=1S/C26H30ClF3N4O3S/c1-4-38(36,37)23-6-5-21(27)12-18(23)15-34-16-31-24-19(14-32-7-9-33(10-8-32)17(2)3)11-20(26(28,29)30)13-22(24)25(34)35/h5-6,11-13,16-17H,4,7-10,14-15H2,1-3H3. The van der Waals surface area contributed by atoms with E-state index in [0.717, 1.165) is 29.8 Å². The van der Waals surface area contributed by atoms with E-state index in [2.05, 4.69) is 28.6 Å². The minimum Gasteiger partial charge on any atom is -0.298 e. The van der Waals surface area contributed by atoms with Crippen molar-refractivity contribution in [2.75, 3.05) is 31.9 Å². The Labute approximate surface area is 224 Å². The number of fused-ring (bicyclic) bond motifs is 1. The first-order valence-corrected chi connectivity index (χ1v) is 14.4. The number of piperazine rings is 1. The third-order valence-electron chi connectivity index (χ3n) is 6.94. The van der Waals surface area contributed by atoms with Crippen molar-refractivity contribution in [2.45, 2.75) is 51.0 Å². The number of benzene rings is 2. The van der Waals surface area contributed by atoms with Gasteiger partial charge in [0.25, 0.3) is 5.56 Å². The molecule has 4 rings (SSSR count). The van der Waals surface area contributed by atoms with Crippen LogP contribution in [0.4, 0.5) is 13.2 Å². The molecule has 1 fully saturated rings. The Morgan fingerprint density at radius 2 is 1.71 bits per heavy atom. The normalized spacial score (nSPS) is 16.0. The van der Waals surface area contributed by atoms with Gasteiger partial charge >= 0.3 is 6.18 Å². The number of hydrogen-bond acceptors (Lipinski definition) is 6. The number of alkyl halides is 3. The highest BCUT2D eigenvalue weighted by molar-refractivity contribution is 7.91. The first-order chi connectivity index (χ1) is 17.8. The number of hydrogen-bond donors (Lipinski definition) is 0. The van der Waals surface area contributed by atoms with E-state index < -0.39 is 27.1 Å². The van der Waals surface area contributed by atoms with E-state index >= 15 is 0 Å². The summed E-state index contributed by atoms with van der Waals surface area (Å²) in [5.41, 5.74) is -0.814. The number of sulfone groups is 1. The summed E-state index contributed by atoms with van der Waals surface area (Å²) in [6.07, 6.45) is -3.40. The third-order valence-corrected chi connectivity index (χ3v) is 9.01. The van der Waals surface area contributed by atoms with Crippen LogP contribution in [-0.4, -0.2) is 65.7 Å². The van der Waals surface area contributed by atoms with Gasteiger partial charge in [-0.3, -0.25) is 19.2 Å². The highest BCUT2D eigenvalue weighted by Crippen LogP contribution is 2.33. The van der Waals surface area contributed by atoms with Crippen LogP contribution in [-0.2, 0) is 29.1 Å². The lowest BCUT2D eigenvalue weighted by molar-refractivity contribution is -0.137. The molecule has 0 saturated carbocycles. The average molecular weight is 571 g/mol. The Kier molecular flexibility index (Phi) is 8.23. The number of aromatic nitrogens is 2. The molecule has 0 bridgehead atoms. The maximum atomic E-state index is 13.8. The van der Waals surface area contributed by atoms with Crippen LogP contribution in [0, 0.1) is 0 Å². The van der Waals surface area contributed by atoms with Gasteiger partial charge in [0.1, 0.15) is 0 Å². The molecule has 7 nitrogen and oxygen atoms in total. The summed E-state index contributed by atoms with van der Waals surface area (Å²) in [6.45, 7) is 8.72. The second-order valence-corrected chi connectivity index (χ2v) is 12.5. The molecular formula is C26H30ClF3N4O3S. The van der Waals surface area contributed by atoms with Gasteiger partial charge in [-0.25, -0.2) is 13.4 Å². The van der Waals surface area contributed by atoms with Gasteiger partial charge in [0, 0.05) is 43.8 Å². The summed E-state index contributed by atoms with van der Waals surface area (Å²) >= 11 is 6.09. The average Bonchev–Trinajstić information content (AvgIpc) is 2.85. The first kappa shape index (κ1) is 28.5. The van der Waals surface area contributed by atoms with E-state index in [-0.39, 0.29) is 45.2 Å². The topological polar surface area (TPSA) is 75.5 Å². The van der Waals surface area contributed by atoms with Crippen LogP contribution in [0.3, 0.4) is 0 Å². The number of nitrogens with zero attached hydrogens (tertiary/aromatic N) is 4. The lowest BCUT2D eigenvalue weighted by atomic mass is 10.0. The molecule has 12 heteroatoms. The van der Waals surface area contributed by atoms with Crippen molar-refractivity contribution < 1.29 is 21.6 Å². The third kappa shape index (κ3) is 6.06. The van der Waals surface area contributed by atoms with E-state index in [0.29, 0.717) is 24.7 Å². The molecule has 1 aliphatic rings. The lowest BCUT2D eigenvalue weighted by Crippen LogP contribution is -2.48. The van der Waals surface area contributed by atoms with Gasteiger partial charge in [0.2, 0.25) is 0 Å². The fourth-order valence-corrected chi connectivity index (χ4v) is 6.04. The molecule has 0 N–H and O–H groups in total. The maximum Gasteiger partial charge on any atom is 0.416 e. The minimum absolute atomic E-state index is 0.0154. The molecule has 1 saturated heterocycles. The summed E-state index contributed by atoms with van der Waals surface area (Å²) in [4.78, 5) is 22.2. The largest absolute Gasteiger partial charge is 0.416 e. The van der Waals surface area contributed by atoms with Gasteiger partial charge in [-0.2, -0.15) is 13.2 Å². The van der Waals surface area contributed by atoms with Gasteiger partial charge in [-0.1, -0.05) is 18.5 Å². The molecular weight excluding hydrogens is 541 g/mol. The Morgan fingerprint density at radius 1 is 1.03 bits per heavy atom. The van der Waals surface area contributed by atoms with Crippen molar-refractivity contribution >= 4 is 32.3 Å². The zero-order valence-corrected chi connectivity index (χ0v) is 23.0. The van der Waals surface area contributed by atoms with Crippen LogP contribution in [0.15, 0.2) is 46.3 Å². The van der Waals surface area contributed by atoms with Gasteiger partial charge in [0.05, 0.1) is 40.0 Å². The van der Waals surface area contributed by atoms with Crippen LogP contribution in [0.2, 0.25) is 5.02 Å². The highest BCUT2D eigenvalue weighted by atomic mass is 35.5. The zero-order valence-electron chi connectivity index (χ0n) is 21.4. The molecule has 1 aliphatic heterocycles. The van der Waals surface area contributed by atoms with Crippen molar-refractivity contribution in [3.05, 3.63) is 68.7 Å². The summed E-state index contributed by atoms with van der Waals surface area (Å²) in [7, 11) is -3.63. The van der Waals surface area contributed by atoms with Crippen molar-refractivity contribution in [1.29, 1.82) is 0 Å². The Balaban J connectivity index is 1.76. The molecule has 206 valence electrons. The molecule has 3 aromatic rings. The fraction of sp³-hybridized carbons (Fsp3) is 0.462. The van der Waals surface area contributed by atoms with Crippen LogP contribution in [0.5, 0.6) is 0 Å². The Bertz CT molecular complexity index is 1500. The summed E-state index contributed by atoms with van der Waals surface area (Å²) in [5.74, 6) is -0.157. The van der Waals surface area contributed by atoms with Gasteiger partial charge in [-0.15, -0.1) is 0 Å².